The van der Waals surface area contributed by atoms with Gasteiger partial charge in [-0.3, -0.25) is 25.4 Å². The lowest BCUT2D eigenvalue weighted by Crippen LogP contribution is -2.44. The highest BCUT2D eigenvalue weighted by Gasteiger charge is 2.16. The first kappa shape index (κ1) is 17.6. The van der Waals surface area contributed by atoms with Gasteiger partial charge in [-0.05, 0) is 23.6 Å². The van der Waals surface area contributed by atoms with Gasteiger partial charge in [-0.1, -0.05) is 11.3 Å². The van der Waals surface area contributed by atoms with Gasteiger partial charge < -0.3 is 0 Å². The number of rotatable bonds is 5. The molecule has 0 atom stereocenters. The minimum absolute atomic E-state index is 0.112. The molecule has 0 aliphatic carbocycles. The highest BCUT2D eigenvalue weighted by atomic mass is 32.1. The predicted octanol–water partition coefficient (Wildman–Crippen LogP) is 1.48. The average molecular weight is 378 g/mol. The minimum atomic E-state index is -3.21. The summed E-state index contributed by atoms with van der Waals surface area (Å²) in [7, 11) is 0. The number of nitrogens with one attached hydrogen (secondary N) is 2. The van der Waals surface area contributed by atoms with Crippen molar-refractivity contribution in [3.8, 4) is 10.6 Å². The Labute approximate surface area is 149 Å². The standard InChI is InChI=1S/C15H12F2N6O2S/c16-13(17)15(25)21-20-14(24)9-3-4-10(18-6-9)7-23-8-11(19-22-23)12-2-1-5-26-12/h1-6,8,13H,7H2,(H,20,24)(H,21,25). The Kier molecular flexibility index (Phi) is 5.27. The van der Waals surface area contributed by atoms with Crippen LogP contribution in [0.25, 0.3) is 10.6 Å². The highest BCUT2D eigenvalue weighted by Crippen LogP contribution is 2.21. The fraction of sp³-hybridized carbons (Fsp3) is 0.133. The summed E-state index contributed by atoms with van der Waals surface area (Å²) in [4.78, 5) is 27.6. The first-order valence-electron chi connectivity index (χ1n) is 7.30. The fourth-order valence-corrected chi connectivity index (χ4v) is 2.65. The van der Waals surface area contributed by atoms with Crippen molar-refractivity contribution < 1.29 is 18.4 Å². The van der Waals surface area contributed by atoms with Gasteiger partial charge in [0.1, 0.15) is 5.69 Å². The third-order valence-corrected chi connectivity index (χ3v) is 4.11. The summed E-state index contributed by atoms with van der Waals surface area (Å²) in [5, 5.41) is 10.1. The van der Waals surface area contributed by atoms with Crippen molar-refractivity contribution in [2.45, 2.75) is 13.0 Å². The van der Waals surface area contributed by atoms with Crippen LogP contribution in [-0.4, -0.2) is 38.2 Å². The minimum Gasteiger partial charge on any atom is -0.267 e. The second-order valence-corrected chi connectivity index (χ2v) is 6.01. The molecule has 0 saturated heterocycles. The molecule has 2 amide bonds. The number of hydrogen-bond donors (Lipinski definition) is 2. The van der Waals surface area contributed by atoms with Gasteiger partial charge >= 0.3 is 12.3 Å². The van der Waals surface area contributed by atoms with Crippen LogP contribution in [-0.2, 0) is 11.3 Å². The second kappa shape index (κ2) is 7.78. The number of hydrogen-bond acceptors (Lipinski definition) is 6. The van der Waals surface area contributed by atoms with Crippen molar-refractivity contribution in [3.63, 3.8) is 0 Å². The van der Waals surface area contributed by atoms with Crippen molar-refractivity contribution in [3.05, 3.63) is 53.3 Å². The van der Waals surface area contributed by atoms with Gasteiger partial charge in [0.25, 0.3) is 5.91 Å². The Balaban J connectivity index is 1.59. The summed E-state index contributed by atoms with van der Waals surface area (Å²) in [5.41, 5.74) is 4.99. The van der Waals surface area contributed by atoms with Gasteiger partial charge in [-0.15, -0.1) is 16.4 Å². The zero-order valence-electron chi connectivity index (χ0n) is 13.1. The molecule has 11 heteroatoms. The largest absolute Gasteiger partial charge is 0.317 e. The molecule has 3 heterocycles. The van der Waals surface area contributed by atoms with Crippen LogP contribution in [0.4, 0.5) is 8.78 Å². The van der Waals surface area contributed by atoms with E-state index in [0.29, 0.717) is 12.2 Å². The van der Waals surface area contributed by atoms with E-state index in [-0.39, 0.29) is 5.56 Å². The number of pyridine rings is 1. The number of aromatic nitrogens is 4. The molecule has 0 aliphatic heterocycles. The summed E-state index contributed by atoms with van der Waals surface area (Å²) in [6.07, 6.45) is -0.151. The molecule has 134 valence electrons. The smallest absolute Gasteiger partial charge is 0.267 e. The van der Waals surface area contributed by atoms with E-state index < -0.39 is 18.2 Å². The maximum absolute atomic E-state index is 12.0. The van der Waals surface area contributed by atoms with Crippen LogP contribution in [0, 0.1) is 0 Å². The molecule has 0 saturated carbocycles. The lowest BCUT2D eigenvalue weighted by molar-refractivity contribution is -0.132. The molecular formula is C15H12F2N6O2S. The number of hydrazine groups is 1. The second-order valence-electron chi connectivity index (χ2n) is 5.06. The van der Waals surface area contributed by atoms with Crippen molar-refractivity contribution in [1.29, 1.82) is 0 Å². The SMILES string of the molecule is O=C(NNC(=O)C(F)F)c1ccc(Cn2cc(-c3cccs3)nn2)nc1. The van der Waals surface area contributed by atoms with E-state index in [4.69, 9.17) is 0 Å². The van der Waals surface area contributed by atoms with Gasteiger partial charge in [0.15, 0.2) is 0 Å². The van der Waals surface area contributed by atoms with Crippen molar-refractivity contribution >= 4 is 23.2 Å². The van der Waals surface area contributed by atoms with E-state index in [1.165, 1.54) is 12.3 Å². The van der Waals surface area contributed by atoms with Crippen LogP contribution in [0.2, 0.25) is 0 Å². The van der Waals surface area contributed by atoms with Gasteiger partial charge in [-0.25, -0.2) is 4.68 Å². The van der Waals surface area contributed by atoms with E-state index in [1.54, 1.807) is 33.7 Å². The molecule has 0 unspecified atom stereocenters. The molecule has 3 aromatic heterocycles. The molecule has 3 rings (SSSR count). The van der Waals surface area contributed by atoms with E-state index in [0.717, 1.165) is 10.6 Å². The third kappa shape index (κ3) is 4.25. The van der Waals surface area contributed by atoms with Gasteiger partial charge in [0.2, 0.25) is 0 Å². The molecule has 0 aliphatic rings. The molecule has 8 nitrogen and oxygen atoms in total. The van der Waals surface area contributed by atoms with E-state index in [1.807, 2.05) is 22.9 Å². The Morgan fingerprint density at radius 1 is 1.23 bits per heavy atom. The number of carbonyl (C=O) groups is 2. The lowest BCUT2D eigenvalue weighted by atomic mass is 10.2. The number of alkyl halides is 2. The highest BCUT2D eigenvalue weighted by molar-refractivity contribution is 7.13. The Bertz CT molecular complexity index is 895. The number of halogens is 2. The molecule has 3 aromatic rings. The Morgan fingerprint density at radius 3 is 2.73 bits per heavy atom. The molecule has 0 aromatic carbocycles. The number of nitrogens with zero attached hydrogens (tertiary/aromatic N) is 4. The maximum Gasteiger partial charge on any atom is 0.317 e. The molecular weight excluding hydrogens is 366 g/mol. The van der Waals surface area contributed by atoms with Crippen LogP contribution in [0.3, 0.4) is 0 Å². The topological polar surface area (TPSA) is 102 Å². The molecule has 2 N–H and O–H groups in total. The molecule has 0 fully saturated rings. The molecule has 0 spiro atoms. The Hall–Kier alpha value is -3.21. The zero-order chi connectivity index (χ0) is 18.5. The maximum atomic E-state index is 12.0. The molecule has 0 radical (unpaired) electrons. The van der Waals surface area contributed by atoms with Gasteiger partial charge in [-0.2, -0.15) is 8.78 Å². The zero-order valence-corrected chi connectivity index (χ0v) is 13.9. The van der Waals surface area contributed by atoms with Crippen LogP contribution in [0.1, 0.15) is 16.1 Å². The summed E-state index contributed by atoms with van der Waals surface area (Å²) < 4.78 is 25.7. The van der Waals surface area contributed by atoms with Gasteiger partial charge in [0.05, 0.1) is 28.9 Å². The molecule has 0 bridgehead atoms. The van der Waals surface area contributed by atoms with Crippen LogP contribution >= 0.6 is 11.3 Å². The monoisotopic (exact) mass is 378 g/mol. The molecule has 26 heavy (non-hydrogen) atoms. The number of carbonyl (C=O) groups excluding carboxylic acids is 2. The predicted molar refractivity (Wildman–Crippen MR) is 88.3 cm³/mol. The first-order valence-corrected chi connectivity index (χ1v) is 8.18. The van der Waals surface area contributed by atoms with Crippen LogP contribution < -0.4 is 10.9 Å². The summed E-state index contributed by atoms with van der Waals surface area (Å²) in [6.45, 7) is 0.350. The average Bonchev–Trinajstić information content (AvgIpc) is 3.31. The van der Waals surface area contributed by atoms with Crippen LogP contribution in [0.15, 0.2) is 42.0 Å². The lowest BCUT2D eigenvalue weighted by Gasteiger charge is -2.07. The quantitative estimate of drug-likeness (QED) is 0.655. The summed E-state index contributed by atoms with van der Waals surface area (Å²) >= 11 is 1.56. The van der Waals surface area contributed by atoms with Crippen LogP contribution in [0.5, 0.6) is 0 Å². The van der Waals surface area contributed by atoms with Crippen molar-refractivity contribution in [1.82, 2.24) is 30.8 Å². The van der Waals surface area contributed by atoms with Gasteiger partial charge in [0, 0.05) is 6.20 Å². The summed E-state index contributed by atoms with van der Waals surface area (Å²) in [6, 6.07) is 6.92. The van der Waals surface area contributed by atoms with E-state index in [2.05, 4.69) is 15.3 Å². The first-order chi connectivity index (χ1) is 12.5. The Morgan fingerprint density at radius 2 is 2.08 bits per heavy atom. The van der Waals surface area contributed by atoms with E-state index >= 15 is 0 Å². The van der Waals surface area contributed by atoms with Crippen molar-refractivity contribution in [2.75, 3.05) is 0 Å². The van der Waals surface area contributed by atoms with Crippen molar-refractivity contribution in [2.24, 2.45) is 0 Å². The number of amides is 2. The fourth-order valence-electron chi connectivity index (χ4n) is 1.98. The number of thiophene rings is 1. The summed E-state index contributed by atoms with van der Waals surface area (Å²) in [5.74, 6) is -2.34. The van der Waals surface area contributed by atoms with E-state index in [9.17, 15) is 18.4 Å². The normalized spacial score (nSPS) is 10.7. The third-order valence-electron chi connectivity index (χ3n) is 3.22.